The Hall–Kier alpha value is -3.46. The molecule has 3 heterocycles. The second kappa shape index (κ2) is 7.66. The largest absolute Gasteiger partial charge is 0.454 e. The van der Waals surface area contributed by atoms with Gasteiger partial charge in [-0.25, -0.2) is 4.39 Å². The number of nitrogens with one attached hydrogen (secondary N) is 1. The van der Waals surface area contributed by atoms with Crippen LogP contribution in [0.2, 0.25) is 0 Å². The van der Waals surface area contributed by atoms with Gasteiger partial charge in [0.25, 0.3) is 5.89 Å². The number of thiocarbonyl (C=S) groups is 1. The maximum Gasteiger partial charge on any atom is 0.258 e. The molecule has 2 aliphatic heterocycles. The Bertz CT molecular complexity index is 1210. The number of hydrogen-bond acceptors (Lipinski definition) is 6. The molecule has 1 unspecified atom stereocenters. The highest BCUT2D eigenvalue weighted by molar-refractivity contribution is 7.80. The number of ether oxygens (including phenoxy) is 2. The molecule has 2 aromatic carbocycles. The maximum atomic E-state index is 14.0. The summed E-state index contributed by atoms with van der Waals surface area (Å²) in [6.07, 6.45) is 0. The van der Waals surface area contributed by atoms with Gasteiger partial charge in [0, 0.05) is 17.8 Å². The van der Waals surface area contributed by atoms with Crippen LogP contribution in [0.15, 0.2) is 52.7 Å². The number of fused-ring (bicyclic) bond motifs is 1. The van der Waals surface area contributed by atoms with Crippen LogP contribution < -0.4 is 14.8 Å². The van der Waals surface area contributed by atoms with Gasteiger partial charge in [0.2, 0.25) is 12.6 Å². The summed E-state index contributed by atoms with van der Waals surface area (Å²) in [4.78, 5) is 6.59. The van der Waals surface area contributed by atoms with Gasteiger partial charge in [-0.3, -0.25) is 0 Å². The minimum Gasteiger partial charge on any atom is -0.454 e. The minimum atomic E-state index is -0.420. The molecule has 2 aliphatic rings. The predicted octanol–water partition coefficient (Wildman–Crippen LogP) is 4.29. The molecule has 0 bridgehead atoms. The number of halogens is 1. The second-order valence-electron chi connectivity index (χ2n) is 7.17. The highest BCUT2D eigenvalue weighted by Gasteiger charge is 2.33. The number of aromatic nitrogens is 2. The highest BCUT2D eigenvalue weighted by atomic mass is 32.1. The second-order valence-corrected chi connectivity index (χ2v) is 7.56. The van der Waals surface area contributed by atoms with Crippen molar-refractivity contribution in [1.29, 1.82) is 0 Å². The third-order valence-corrected chi connectivity index (χ3v) is 5.72. The molecule has 0 saturated carbocycles. The van der Waals surface area contributed by atoms with E-state index in [1.807, 2.05) is 43.0 Å². The van der Waals surface area contributed by atoms with E-state index in [4.69, 9.17) is 26.2 Å². The Kier molecular flexibility index (Phi) is 4.82. The lowest BCUT2D eigenvalue weighted by Gasteiger charge is -2.36. The van der Waals surface area contributed by atoms with Crippen LogP contribution >= 0.6 is 12.2 Å². The molecule has 31 heavy (non-hydrogen) atoms. The van der Waals surface area contributed by atoms with Crippen molar-refractivity contribution in [3.63, 3.8) is 0 Å². The summed E-state index contributed by atoms with van der Waals surface area (Å²) in [5, 5.41) is 8.02. The number of benzene rings is 2. The van der Waals surface area contributed by atoms with E-state index in [9.17, 15) is 4.39 Å². The van der Waals surface area contributed by atoms with Crippen LogP contribution in [-0.4, -0.2) is 33.5 Å². The highest BCUT2D eigenvalue weighted by Crippen LogP contribution is 2.39. The lowest BCUT2D eigenvalue weighted by Crippen LogP contribution is -2.45. The Morgan fingerprint density at radius 2 is 2.03 bits per heavy atom. The van der Waals surface area contributed by atoms with E-state index in [0.29, 0.717) is 34.9 Å². The summed E-state index contributed by atoms with van der Waals surface area (Å²) < 4.78 is 30.4. The van der Waals surface area contributed by atoms with Gasteiger partial charge in [-0.05, 0) is 62.0 Å². The van der Waals surface area contributed by atoms with Crippen LogP contribution in [0.3, 0.4) is 0 Å². The van der Waals surface area contributed by atoms with Gasteiger partial charge >= 0.3 is 0 Å². The fourth-order valence-corrected chi connectivity index (χ4v) is 4.24. The zero-order chi connectivity index (χ0) is 21.5. The van der Waals surface area contributed by atoms with Crippen molar-refractivity contribution in [1.82, 2.24) is 20.4 Å². The smallest absolute Gasteiger partial charge is 0.258 e. The van der Waals surface area contributed by atoms with Crippen LogP contribution in [0.5, 0.6) is 11.5 Å². The standard InChI is InChI=1S/C22H19FN4O3S/c1-3-27-12(2)18(19(24-22(27)31)13-5-4-6-15(23)9-13)21-25-20(26-30-21)14-7-8-16-17(10-14)29-11-28-16/h4-10,19H,3,11H2,1-2H3,(H,24,31). The molecular formula is C22H19FN4O3S. The molecule has 0 saturated heterocycles. The zero-order valence-corrected chi connectivity index (χ0v) is 17.7. The van der Waals surface area contributed by atoms with Crippen molar-refractivity contribution in [2.24, 2.45) is 0 Å². The molecule has 0 spiro atoms. The SMILES string of the molecule is CCN1C(=S)NC(c2cccc(F)c2)C(c2nc(-c3ccc4c(c3)OCO4)no2)=C1C. The molecular weight excluding hydrogens is 419 g/mol. The molecule has 5 rings (SSSR count). The fraction of sp³-hybridized carbons (Fsp3) is 0.227. The van der Waals surface area contributed by atoms with Gasteiger partial charge < -0.3 is 24.2 Å². The van der Waals surface area contributed by atoms with Gasteiger partial charge in [-0.15, -0.1) is 0 Å². The Balaban J connectivity index is 1.59. The first-order valence-corrected chi connectivity index (χ1v) is 10.2. The first-order chi connectivity index (χ1) is 15.0. The van der Waals surface area contributed by atoms with Crippen LogP contribution in [-0.2, 0) is 0 Å². The number of rotatable bonds is 4. The molecule has 0 radical (unpaired) electrons. The van der Waals surface area contributed by atoms with E-state index in [1.54, 1.807) is 6.07 Å². The third kappa shape index (κ3) is 3.40. The van der Waals surface area contributed by atoms with Gasteiger partial charge in [0.05, 0.1) is 11.6 Å². The molecule has 0 fully saturated rings. The van der Waals surface area contributed by atoms with Crippen LogP contribution in [0.1, 0.15) is 31.3 Å². The Morgan fingerprint density at radius 1 is 1.19 bits per heavy atom. The lowest BCUT2D eigenvalue weighted by atomic mass is 9.94. The molecule has 1 atom stereocenters. The minimum absolute atomic E-state index is 0.191. The van der Waals surface area contributed by atoms with Crippen LogP contribution in [0.25, 0.3) is 17.0 Å². The number of nitrogens with zero attached hydrogens (tertiary/aromatic N) is 3. The van der Waals surface area contributed by atoms with Crippen molar-refractivity contribution in [3.05, 3.63) is 65.4 Å². The summed E-state index contributed by atoms with van der Waals surface area (Å²) in [6.45, 7) is 4.81. The van der Waals surface area contributed by atoms with Crippen molar-refractivity contribution in [2.45, 2.75) is 19.9 Å². The van der Waals surface area contributed by atoms with Gasteiger partial charge in [0.15, 0.2) is 16.6 Å². The third-order valence-electron chi connectivity index (χ3n) is 5.38. The first kappa shape index (κ1) is 19.5. The van der Waals surface area contributed by atoms with Gasteiger partial charge in [0.1, 0.15) is 5.82 Å². The summed E-state index contributed by atoms with van der Waals surface area (Å²) in [6, 6.07) is 11.4. The zero-order valence-electron chi connectivity index (χ0n) is 16.9. The summed E-state index contributed by atoms with van der Waals surface area (Å²) >= 11 is 5.54. The molecule has 3 aromatic rings. The molecule has 158 valence electrons. The van der Waals surface area contributed by atoms with Gasteiger partial charge in [-0.1, -0.05) is 17.3 Å². The van der Waals surface area contributed by atoms with E-state index >= 15 is 0 Å². The van der Waals surface area contributed by atoms with Crippen LogP contribution in [0, 0.1) is 5.82 Å². The summed E-state index contributed by atoms with van der Waals surface area (Å²) in [5.41, 5.74) is 3.09. The Morgan fingerprint density at radius 3 is 2.84 bits per heavy atom. The van der Waals surface area contributed by atoms with Crippen molar-refractivity contribution < 1.29 is 18.4 Å². The first-order valence-electron chi connectivity index (χ1n) is 9.83. The molecule has 9 heteroatoms. The molecule has 0 amide bonds. The molecule has 7 nitrogen and oxygen atoms in total. The van der Waals surface area contributed by atoms with E-state index < -0.39 is 6.04 Å². The molecule has 1 N–H and O–H groups in total. The summed E-state index contributed by atoms with van der Waals surface area (Å²) in [7, 11) is 0. The lowest BCUT2D eigenvalue weighted by molar-refractivity contribution is 0.174. The summed E-state index contributed by atoms with van der Waals surface area (Å²) in [5.74, 6) is 1.75. The topological polar surface area (TPSA) is 72.7 Å². The van der Waals surface area contributed by atoms with Crippen molar-refractivity contribution in [3.8, 4) is 22.9 Å². The fourth-order valence-electron chi connectivity index (χ4n) is 3.86. The van der Waals surface area contributed by atoms with Gasteiger partial charge in [-0.2, -0.15) is 4.98 Å². The van der Waals surface area contributed by atoms with E-state index in [-0.39, 0.29) is 12.6 Å². The average Bonchev–Trinajstić information content (AvgIpc) is 3.42. The van der Waals surface area contributed by atoms with Crippen LogP contribution in [0.4, 0.5) is 4.39 Å². The number of hydrogen-bond donors (Lipinski definition) is 1. The normalized spacial score (nSPS) is 17.8. The maximum absolute atomic E-state index is 14.0. The average molecular weight is 438 g/mol. The molecule has 1 aromatic heterocycles. The van der Waals surface area contributed by atoms with Crippen molar-refractivity contribution >= 4 is 22.9 Å². The quantitative estimate of drug-likeness (QED) is 0.605. The molecule has 0 aliphatic carbocycles. The van der Waals surface area contributed by atoms with E-state index in [2.05, 4.69) is 15.5 Å². The Labute approximate surface area is 183 Å². The monoisotopic (exact) mass is 438 g/mol. The van der Waals surface area contributed by atoms with E-state index in [0.717, 1.165) is 22.4 Å². The van der Waals surface area contributed by atoms with E-state index in [1.165, 1.54) is 12.1 Å². The predicted molar refractivity (Wildman–Crippen MR) is 116 cm³/mol. The number of allylic oxidation sites excluding steroid dienone is 1. The van der Waals surface area contributed by atoms with Crippen molar-refractivity contribution in [2.75, 3.05) is 13.3 Å².